The zero-order chi connectivity index (χ0) is 15.5. The molecule has 112 valence electrons. The molecule has 8 heteroatoms. The Hall–Kier alpha value is -2.48. The summed E-state index contributed by atoms with van der Waals surface area (Å²) in [6, 6.07) is 6.85. The number of benzene rings is 1. The summed E-state index contributed by atoms with van der Waals surface area (Å²) in [7, 11) is -0.908. The highest BCUT2D eigenvalue weighted by Gasteiger charge is 2.17. The quantitative estimate of drug-likeness (QED) is 0.864. The van der Waals surface area contributed by atoms with Crippen LogP contribution >= 0.6 is 0 Å². The third-order valence-corrected chi connectivity index (χ3v) is 4.08. The molecule has 2 N–H and O–H groups in total. The van der Waals surface area contributed by atoms with Crippen LogP contribution in [0, 0.1) is 0 Å². The van der Waals surface area contributed by atoms with E-state index in [0.717, 1.165) is 0 Å². The molecule has 0 amide bonds. The Balaban J connectivity index is 2.35. The maximum atomic E-state index is 12.3. The molecule has 0 atom stereocenters. The number of pyridine rings is 1. The number of aromatic nitrogens is 1. The second-order valence-corrected chi connectivity index (χ2v) is 5.75. The van der Waals surface area contributed by atoms with E-state index in [2.05, 4.69) is 9.71 Å². The number of hydrogen-bond donors (Lipinski definition) is 2. The molecule has 1 aromatic heterocycles. The number of anilines is 1. The third kappa shape index (κ3) is 3.34. The molecule has 0 saturated heterocycles. The first-order valence-electron chi connectivity index (χ1n) is 5.90. The van der Waals surface area contributed by atoms with Crippen LogP contribution in [-0.4, -0.2) is 27.6 Å². The topological polar surface area (TPSA) is 97.5 Å². The molecule has 2 rings (SSSR count). The van der Waals surface area contributed by atoms with Gasteiger partial charge in [-0.2, -0.15) is 0 Å². The minimum absolute atomic E-state index is 0.0198. The van der Waals surface area contributed by atoms with Crippen molar-refractivity contribution in [2.24, 2.45) is 0 Å². The van der Waals surface area contributed by atoms with Gasteiger partial charge < -0.3 is 14.5 Å². The highest BCUT2D eigenvalue weighted by Crippen LogP contribution is 2.29. The Morgan fingerprint density at radius 1 is 1.05 bits per heavy atom. The first kappa shape index (κ1) is 14.9. The molecule has 1 aromatic carbocycles. The van der Waals surface area contributed by atoms with Gasteiger partial charge in [0.25, 0.3) is 10.0 Å². The van der Waals surface area contributed by atoms with Crippen LogP contribution in [0.2, 0.25) is 0 Å². The van der Waals surface area contributed by atoms with Gasteiger partial charge in [0.1, 0.15) is 0 Å². The molecule has 21 heavy (non-hydrogen) atoms. The second kappa shape index (κ2) is 5.88. The number of nitrogens with one attached hydrogen (secondary N) is 2. The van der Waals surface area contributed by atoms with E-state index in [1.807, 2.05) is 0 Å². The molecule has 0 unspecified atom stereocenters. The maximum Gasteiger partial charge on any atom is 0.262 e. The van der Waals surface area contributed by atoms with Gasteiger partial charge in [0.15, 0.2) is 11.5 Å². The van der Waals surface area contributed by atoms with Gasteiger partial charge in [0.2, 0.25) is 5.56 Å². The van der Waals surface area contributed by atoms with Gasteiger partial charge in [0.05, 0.1) is 24.8 Å². The fourth-order valence-electron chi connectivity index (χ4n) is 1.67. The molecular formula is C13H14N2O5S. The zero-order valence-corrected chi connectivity index (χ0v) is 12.2. The Morgan fingerprint density at radius 2 is 1.76 bits per heavy atom. The van der Waals surface area contributed by atoms with Crippen LogP contribution in [0.5, 0.6) is 11.5 Å². The van der Waals surface area contributed by atoms with Gasteiger partial charge in [-0.1, -0.05) is 0 Å². The molecule has 0 bridgehead atoms. The number of aromatic amines is 1. The molecule has 0 fully saturated rings. The minimum atomic E-state index is -3.79. The Morgan fingerprint density at radius 3 is 2.33 bits per heavy atom. The van der Waals surface area contributed by atoms with Crippen molar-refractivity contribution in [2.75, 3.05) is 18.9 Å². The van der Waals surface area contributed by atoms with Crippen molar-refractivity contribution >= 4 is 15.7 Å². The Kier molecular flexibility index (Phi) is 4.18. The summed E-state index contributed by atoms with van der Waals surface area (Å²) < 4.78 is 37.0. The van der Waals surface area contributed by atoms with E-state index in [4.69, 9.17) is 9.47 Å². The lowest BCUT2D eigenvalue weighted by molar-refractivity contribution is 0.354. The van der Waals surface area contributed by atoms with Crippen LogP contribution in [0.25, 0.3) is 0 Å². The number of rotatable bonds is 5. The van der Waals surface area contributed by atoms with E-state index in [1.54, 1.807) is 0 Å². The molecule has 7 nitrogen and oxygen atoms in total. The molecular weight excluding hydrogens is 296 g/mol. The van der Waals surface area contributed by atoms with Gasteiger partial charge in [-0.25, -0.2) is 8.42 Å². The van der Waals surface area contributed by atoms with Crippen LogP contribution in [-0.2, 0) is 10.0 Å². The summed E-state index contributed by atoms with van der Waals surface area (Å²) in [5, 5.41) is 0. The highest BCUT2D eigenvalue weighted by atomic mass is 32.2. The van der Waals surface area contributed by atoms with Gasteiger partial charge in [-0.15, -0.1) is 0 Å². The lowest BCUT2D eigenvalue weighted by atomic mass is 10.3. The molecule has 0 radical (unpaired) electrons. The van der Waals surface area contributed by atoms with E-state index in [-0.39, 0.29) is 16.1 Å². The minimum Gasteiger partial charge on any atom is -0.493 e. The van der Waals surface area contributed by atoms with Crippen LogP contribution in [0.4, 0.5) is 5.69 Å². The smallest absolute Gasteiger partial charge is 0.262 e. The monoisotopic (exact) mass is 310 g/mol. The van der Waals surface area contributed by atoms with Crippen molar-refractivity contribution in [1.29, 1.82) is 0 Å². The first-order valence-corrected chi connectivity index (χ1v) is 7.38. The number of ether oxygens (including phenoxy) is 2. The molecule has 0 aliphatic carbocycles. The van der Waals surface area contributed by atoms with Crippen LogP contribution in [0.15, 0.2) is 46.2 Å². The standard InChI is InChI=1S/C13H14N2O5S/c1-19-11-5-4-10(7-12(11)20-2)21(17,18)15-9-3-6-13(16)14-8-9/h3-8,15H,1-2H3,(H,14,16). The molecule has 0 aliphatic rings. The van der Waals surface area contributed by atoms with Crippen molar-refractivity contribution in [3.05, 3.63) is 46.9 Å². The maximum absolute atomic E-state index is 12.3. The third-order valence-electron chi connectivity index (χ3n) is 2.70. The lowest BCUT2D eigenvalue weighted by Crippen LogP contribution is -2.14. The molecule has 0 saturated carbocycles. The molecule has 0 aliphatic heterocycles. The van der Waals surface area contributed by atoms with Gasteiger partial charge in [-0.3, -0.25) is 9.52 Å². The van der Waals surface area contributed by atoms with E-state index in [1.165, 1.54) is 50.7 Å². The van der Waals surface area contributed by atoms with Crippen molar-refractivity contribution in [3.8, 4) is 11.5 Å². The summed E-state index contributed by atoms with van der Waals surface area (Å²) in [5.74, 6) is 0.738. The summed E-state index contributed by atoms with van der Waals surface area (Å²) in [6.45, 7) is 0. The van der Waals surface area contributed by atoms with Gasteiger partial charge in [0, 0.05) is 18.3 Å². The van der Waals surface area contributed by atoms with Crippen molar-refractivity contribution < 1.29 is 17.9 Å². The number of H-pyrrole nitrogens is 1. The van der Waals surface area contributed by atoms with Gasteiger partial charge >= 0.3 is 0 Å². The van der Waals surface area contributed by atoms with Gasteiger partial charge in [-0.05, 0) is 18.2 Å². The molecule has 2 aromatic rings. The molecule has 1 heterocycles. The molecule has 0 spiro atoms. The van der Waals surface area contributed by atoms with Crippen molar-refractivity contribution in [3.63, 3.8) is 0 Å². The van der Waals surface area contributed by atoms with E-state index >= 15 is 0 Å². The lowest BCUT2D eigenvalue weighted by Gasteiger charge is -2.11. The van der Waals surface area contributed by atoms with Crippen molar-refractivity contribution in [2.45, 2.75) is 4.90 Å². The average Bonchev–Trinajstić information content (AvgIpc) is 2.48. The number of methoxy groups -OCH3 is 2. The summed E-state index contributed by atoms with van der Waals surface area (Å²) >= 11 is 0. The largest absolute Gasteiger partial charge is 0.493 e. The van der Waals surface area contributed by atoms with E-state index in [0.29, 0.717) is 11.5 Å². The Labute approximate surface area is 121 Å². The van der Waals surface area contributed by atoms with Crippen molar-refractivity contribution in [1.82, 2.24) is 4.98 Å². The Bertz CT molecular complexity index is 778. The average molecular weight is 310 g/mol. The SMILES string of the molecule is COc1ccc(S(=O)(=O)Nc2ccc(=O)[nH]c2)cc1OC. The fraction of sp³-hybridized carbons (Fsp3) is 0.154. The predicted molar refractivity (Wildman–Crippen MR) is 77.4 cm³/mol. The van der Waals surface area contributed by atoms with E-state index in [9.17, 15) is 13.2 Å². The summed E-state index contributed by atoms with van der Waals surface area (Å²) in [4.78, 5) is 13.4. The van der Waals surface area contributed by atoms with E-state index < -0.39 is 10.0 Å². The van der Waals surface area contributed by atoms with Crippen LogP contribution in [0.3, 0.4) is 0 Å². The summed E-state index contributed by atoms with van der Waals surface area (Å²) in [5.41, 5.74) is -0.0616. The first-order chi connectivity index (χ1) is 9.96. The van der Waals surface area contributed by atoms with Crippen LogP contribution < -0.4 is 19.8 Å². The highest BCUT2D eigenvalue weighted by molar-refractivity contribution is 7.92. The predicted octanol–water partition coefficient (Wildman–Crippen LogP) is 1.19. The zero-order valence-electron chi connectivity index (χ0n) is 11.4. The normalized spacial score (nSPS) is 11.0. The fourth-order valence-corrected chi connectivity index (χ4v) is 2.74. The summed E-state index contributed by atoms with van der Waals surface area (Å²) in [6.07, 6.45) is 1.28. The second-order valence-electron chi connectivity index (χ2n) is 4.06. The van der Waals surface area contributed by atoms with Crippen LogP contribution in [0.1, 0.15) is 0 Å². The number of hydrogen-bond acceptors (Lipinski definition) is 5. The number of sulfonamides is 1.